The first-order chi connectivity index (χ1) is 6.99. The highest BCUT2D eigenvalue weighted by Gasteiger charge is 2.20. The maximum atomic E-state index is 11.1. The topological polar surface area (TPSA) is 37.3 Å². The van der Waals surface area contributed by atoms with E-state index in [1.807, 2.05) is 39.8 Å². The van der Waals surface area contributed by atoms with Gasteiger partial charge in [0.25, 0.3) is 0 Å². The minimum atomic E-state index is -0.733. The lowest BCUT2D eigenvalue weighted by Gasteiger charge is -2.16. The molecule has 0 aliphatic heterocycles. The number of benzene rings is 1. The van der Waals surface area contributed by atoms with Crippen molar-refractivity contribution in [1.82, 2.24) is 0 Å². The number of carboxylic acids is 1. The molecule has 0 aliphatic carbocycles. The average molecular weight is 206 g/mol. The summed E-state index contributed by atoms with van der Waals surface area (Å²) < 4.78 is 0. The molecule has 0 fully saturated rings. The highest BCUT2D eigenvalue weighted by atomic mass is 16.4. The zero-order valence-electron chi connectivity index (χ0n) is 9.79. The molecule has 0 saturated carbocycles. The van der Waals surface area contributed by atoms with Crippen LogP contribution in [0.4, 0.5) is 0 Å². The second-order valence-electron chi connectivity index (χ2n) is 4.02. The van der Waals surface area contributed by atoms with Crippen molar-refractivity contribution < 1.29 is 9.90 Å². The molecule has 1 N–H and O–H groups in total. The molecule has 1 aromatic rings. The van der Waals surface area contributed by atoms with E-state index in [-0.39, 0.29) is 5.92 Å². The Balaban J connectivity index is 3.25. The maximum Gasteiger partial charge on any atom is 0.310 e. The Morgan fingerprint density at radius 1 is 1.27 bits per heavy atom. The van der Waals surface area contributed by atoms with E-state index in [2.05, 4.69) is 0 Å². The molecule has 0 radical (unpaired) electrons. The molecule has 0 heterocycles. The normalized spacial score (nSPS) is 12.5. The van der Waals surface area contributed by atoms with Crippen molar-refractivity contribution in [3.63, 3.8) is 0 Å². The predicted octanol–water partition coefficient (Wildman–Crippen LogP) is 3.19. The molecule has 82 valence electrons. The Labute approximate surface area is 90.9 Å². The predicted molar refractivity (Wildman–Crippen MR) is 61.3 cm³/mol. The molecule has 2 nitrogen and oxygen atoms in total. The minimum Gasteiger partial charge on any atom is -0.481 e. The summed E-state index contributed by atoms with van der Waals surface area (Å²) in [5.74, 6) is -1.10. The van der Waals surface area contributed by atoms with Crippen LogP contribution in [0.25, 0.3) is 0 Å². The number of hydrogen-bond donors (Lipinski definition) is 1. The summed E-state index contributed by atoms with van der Waals surface area (Å²) in [5.41, 5.74) is 4.49. The molecule has 0 aliphatic rings. The molecular formula is C13H18O2. The van der Waals surface area contributed by atoms with Gasteiger partial charge in [-0.3, -0.25) is 4.79 Å². The Hall–Kier alpha value is -1.31. The van der Waals surface area contributed by atoms with E-state index in [9.17, 15) is 4.79 Å². The lowest BCUT2D eigenvalue weighted by Crippen LogP contribution is -2.12. The third kappa shape index (κ3) is 2.20. The van der Waals surface area contributed by atoms with Gasteiger partial charge < -0.3 is 5.11 Å². The highest BCUT2D eigenvalue weighted by molar-refractivity contribution is 5.76. The second-order valence-corrected chi connectivity index (χ2v) is 4.02. The van der Waals surface area contributed by atoms with Crippen LogP contribution >= 0.6 is 0 Å². The van der Waals surface area contributed by atoms with Crippen molar-refractivity contribution >= 4 is 5.97 Å². The van der Waals surface area contributed by atoms with E-state index in [1.54, 1.807) is 0 Å². The first-order valence-electron chi connectivity index (χ1n) is 5.28. The molecule has 15 heavy (non-hydrogen) atoms. The van der Waals surface area contributed by atoms with Crippen molar-refractivity contribution in [2.24, 2.45) is 0 Å². The van der Waals surface area contributed by atoms with Crippen molar-refractivity contribution in [2.75, 3.05) is 0 Å². The van der Waals surface area contributed by atoms with Crippen LogP contribution in [0.1, 0.15) is 41.5 Å². The average Bonchev–Trinajstić information content (AvgIpc) is 2.18. The van der Waals surface area contributed by atoms with Crippen molar-refractivity contribution in [3.05, 3.63) is 34.4 Å². The van der Waals surface area contributed by atoms with Gasteiger partial charge in [-0.15, -0.1) is 0 Å². The van der Waals surface area contributed by atoms with E-state index in [0.29, 0.717) is 6.42 Å². The number of carbonyl (C=O) groups is 1. The number of rotatable bonds is 3. The minimum absolute atomic E-state index is 0.371. The van der Waals surface area contributed by atoms with Gasteiger partial charge >= 0.3 is 5.97 Å². The lowest BCUT2D eigenvalue weighted by atomic mass is 9.89. The smallest absolute Gasteiger partial charge is 0.310 e. The first-order valence-corrected chi connectivity index (χ1v) is 5.28. The molecule has 0 saturated heterocycles. The van der Waals surface area contributed by atoms with E-state index >= 15 is 0 Å². The van der Waals surface area contributed by atoms with Gasteiger partial charge in [0.05, 0.1) is 5.92 Å². The molecule has 1 atom stereocenters. The van der Waals surface area contributed by atoms with E-state index in [4.69, 9.17) is 5.11 Å². The van der Waals surface area contributed by atoms with Crippen LogP contribution in [-0.4, -0.2) is 11.1 Å². The Kier molecular flexibility index (Phi) is 3.51. The van der Waals surface area contributed by atoms with Crippen molar-refractivity contribution in [3.8, 4) is 0 Å². The van der Waals surface area contributed by atoms with Crippen LogP contribution in [0.3, 0.4) is 0 Å². The molecular weight excluding hydrogens is 188 g/mol. The molecule has 1 rings (SSSR count). The molecule has 0 amide bonds. The van der Waals surface area contributed by atoms with Gasteiger partial charge in [-0.05, 0) is 49.4 Å². The first kappa shape index (κ1) is 11.8. The molecule has 0 bridgehead atoms. The molecule has 1 aromatic carbocycles. The number of aryl methyl sites for hydroxylation is 1. The second kappa shape index (κ2) is 4.47. The van der Waals surface area contributed by atoms with Gasteiger partial charge in [0, 0.05) is 0 Å². The Morgan fingerprint density at radius 3 is 2.33 bits per heavy atom. The lowest BCUT2D eigenvalue weighted by molar-refractivity contribution is -0.138. The van der Waals surface area contributed by atoms with E-state index in [0.717, 1.165) is 11.1 Å². The zero-order valence-corrected chi connectivity index (χ0v) is 9.79. The van der Waals surface area contributed by atoms with Crippen LogP contribution < -0.4 is 0 Å². The van der Waals surface area contributed by atoms with Gasteiger partial charge in [0.1, 0.15) is 0 Å². The van der Waals surface area contributed by atoms with E-state index < -0.39 is 5.97 Å². The molecule has 1 unspecified atom stereocenters. The number of hydrogen-bond acceptors (Lipinski definition) is 1. The van der Waals surface area contributed by atoms with Crippen LogP contribution in [-0.2, 0) is 4.79 Å². The number of carboxylic acid groups (broad SMARTS) is 1. The fourth-order valence-corrected chi connectivity index (χ4v) is 1.88. The maximum absolute atomic E-state index is 11.1. The fraction of sp³-hybridized carbons (Fsp3) is 0.462. The van der Waals surface area contributed by atoms with Gasteiger partial charge in [0.15, 0.2) is 0 Å². The quantitative estimate of drug-likeness (QED) is 0.824. The van der Waals surface area contributed by atoms with Gasteiger partial charge in [-0.1, -0.05) is 19.1 Å². The Morgan fingerprint density at radius 2 is 1.87 bits per heavy atom. The van der Waals surface area contributed by atoms with Crippen LogP contribution in [0, 0.1) is 20.8 Å². The van der Waals surface area contributed by atoms with Crippen LogP contribution in [0.2, 0.25) is 0 Å². The summed E-state index contributed by atoms with van der Waals surface area (Å²) in [4.78, 5) is 11.1. The van der Waals surface area contributed by atoms with Gasteiger partial charge in [-0.2, -0.15) is 0 Å². The molecule has 2 heteroatoms. The SMILES string of the molecule is CCC(C(=O)O)c1ccc(C)c(C)c1C. The van der Waals surface area contributed by atoms with Crippen LogP contribution in [0.15, 0.2) is 12.1 Å². The fourth-order valence-electron chi connectivity index (χ4n) is 1.88. The number of aliphatic carboxylic acids is 1. The summed E-state index contributed by atoms with van der Waals surface area (Å²) in [6, 6.07) is 3.95. The van der Waals surface area contributed by atoms with Crippen molar-refractivity contribution in [1.29, 1.82) is 0 Å². The zero-order chi connectivity index (χ0) is 11.6. The molecule has 0 aromatic heterocycles. The van der Waals surface area contributed by atoms with Crippen LogP contribution in [0.5, 0.6) is 0 Å². The summed E-state index contributed by atoms with van der Waals surface area (Å²) in [5, 5.41) is 9.11. The highest BCUT2D eigenvalue weighted by Crippen LogP contribution is 2.26. The molecule has 0 spiro atoms. The summed E-state index contributed by atoms with van der Waals surface area (Å²) in [6.07, 6.45) is 0.638. The van der Waals surface area contributed by atoms with Gasteiger partial charge in [0.2, 0.25) is 0 Å². The van der Waals surface area contributed by atoms with Crippen molar-refractivity contribution in [2.45, 2.75) is 40.0 Å². The standard InChI is InChI=1S/C13H18O2/c1-5-11(13(14)15)12-7-6-8(2)9(3)10(12)4/h6-7,11H,5H2,1-4H3,(H,14,15). The third-order valence-corrected chi connectivity index (χ3v) is 3.18. The van der Waals surface area contributed by atoms with E-state index in [1.165, 1.54) is 11.1 Å². The largest absolute Gasteiger partial charge is 0.481 e. The van der Waals surface area contributed by atoms with Gasteiger partial charge in [-0.25, -0.2) is 0 Å². The monoisotopic (exact) mass is 206 g/mol. The summed E-state index contributed by atoms with van der Waals surface area (Å²) in [6.45, 7) is 8.01. The Bertz CT molecular complexity index is 380. The summed E-state index contributed by atoms with van der Waals surface area (Å²) in [7, 11) is 0. The summed E-state index contributed by atoms with van der Waals surface area (Å²) >= 11 is 0. The third-order valence-electron chi connectivity index (χ3n) is 3.18.